The van der Waals surface area contributed by atoms with Gasteiger partial charge in [-0.25, -0.2) is 4.98 Å². The van der Waals surface area contributed by atoms with Crippen molar-refractivity contribution >= 4 is 43.7 Å². The lowest BCUT2D eigenvalue weighted by atomic mass is 10.4. The predicted molar refractivity (Wildman–Crippen MR) is 83.5 cm³/mol. The molecule has 2 aromatic rings. The minimum Gasteiger partial charge on any atom is -0.362 e. The van der Waals surface area contributed by atoms with Crippen LogP contribution in [0.5, 0.6) is 0 Å². The fourth-order valence-corrected chi connectivity index (χ4v) is 4.13. The number of thiophene rings is 1. The van der Waals surface area contributed by atoms with E-state index < -0.39 is 0 Å². The number of anilines is 1. The first kappa shape index (κ1) is 14.0. The van der Waals surface area contributed by atoms with Gasteiger partial charge < -0.3 is 5.32 Å². The van der Waals surface area contributed by atoms with Crippen molar-refractivity contribution < 1.29 is 0 Å². The van der Waals surface area contributed by atoms with E-state index in [1.54, 1.807) is 22.7 Å². The van der Waals surface area contributed by atoms with Crippen molar-refractivity contribution in [3.8, 4) is 0 Å². The average Bonchev–Trinajstić information content (AvgIpc) is 2.89. The molecule has 2 heterocycles. The van der Waals surface area contributed by atoms with E-state index in [0.29, 0.717) is 0 Å². The summed E-state index contributed by atoms with van der Waals surface area (Å²) in [4.78, 5) is 9.32. The largest absolute Gasteiger partial charge is 0.362 e. The molecule has 0 spiro atoms. The molecule has 0 saturated heterocycles. The predicted octanol–water partition coefficient (Wildman–Crippen LogP) is 4.03. The molecule has 18 heavy (non-hydrogen) atoms. The highest BCUT2D eigenvalue weighted by Gasteiger charge is 2.07. The fourth-order valence-electron chi connectivity index (χ4n) is 1.64. The highest BCUT2D eigenvalue weighted by Crippen LogP contribution is 2.23. The number of nitrogens with zero attached hydrogens (tertiary/aromatic N) is 2. The minimum atomic E-state index is 0.923. The second-order valence-electron chi connectivity index (χ2n) is 4.07. The highest BCUT2D eigenvalue weighted by molar-refractivity contribution is 9.10. The Balaban J connectivity index is 1.88. The number of rotatable bonds is 6. The van der Waals surface area contributed by atoms with E-state index in [1.807, 2.05) is 6.20 Å². The molecule has 3 nitrogen and oxygen atoms in total. The van der Waals surface area contributed by atoms with Gasteiger partial charge in [0.25, 0.3) is 0 Å². The standard InChI is InChI=1S/C12H16BrN3S2/c1-3-14-12-15-5-11(18-12)7-16(2)6-10-4-9(13)8-17-10/h4-5,8H,3,6-7H2,1-2H3,(H,14,15). The maximum Gasteiger partial charge on any atom is 0.182 e. The monoisotopic (exact) mass is 345 g/mol. The van der Waals surface area contributed by atoms with E-state index in [0.717, 1.165) is 24.8 Å². The Morgan fingerprint density at radius 2 is 2.17 bits per heavy atom. The van der Waals surface area contributed by atoms with Crippen LogP contribution in [-0.2, 0) is 13.1 Å². The van der Waals surface area contributed by atoms with Gasteiger partial charge in [-0.2, -0.15) is 0 Å². The molecule has 0 bridgehead atoms. The van der Waals surface area contributed by atoms with Crippen LogP contribution in [0.3, 0.4) is 0 Å². The molecule has 6 heteroatoms. The number of hydrogen-bond donors (Lipinski definition) is 1. The summed E-state index contributed by atoms with van der Waals surface area (Å²) in [6.45, 7) is 4.93. The SMILES string of the molecule is CCNc1ncc(CN(C)Cc2cc(Br)cs2)s1. The van der Waals surface area contributed by atoms with Crippen LogP contribution >= 0.6 is 38.6 Å². The number of thiazole rings is 1. The van der Waals surface area contributed by atoms with Crippen molar-refractivity contribution in [1.29, 1.82) is 0 Å². The third-order valence-corrected chi connectivity index (χ3v) is 4.98. The van der Waals surface area contributed by atoms with Crippen LogP contribution in [0, 0.1) is 0 Å². The van der Waals surface area contributed by atoms with Gasteiger partial charge in [0.1, 0.15) is 0 Å². The molecule has 2 rings (SSSR count). The fraction of sp³-hybridized carbons (Fsp3) is 0.417. The summed E-state index contributed by atoms with van der Waals surface area (Å²) in [7, 11) is 2.14. The second-order valence-corrected chi connectivity index (χ2v) is 7.09. The Hall–Kier alpha value is -0.430. The summed E-state index contributed by atoms with van der Waals surface area (Å²) in [5.41, 5.74) is 0. The van der Waals surface area contributed by atoms with Gasteiger partial charge in [-0.05, 0) is 36.0 Å². The Labute approximate surface area is 124 Å². The van der Waals surface area contributed by atoms with Gasteiger partial charge >= 0.3 is 0 Å². The minimum absolute atomic E-state index is 0.923. The molecule has 0 radical (unpaired) electrons. The molecule has 0 amide bonds. The molecular weight excluding hydrogens is 330 g/mol. The van der Waals surface area contributed by atoms with E-state index >= 15 is 0 Å². The Bertz CT molecular complexity index is 495. The van der Waals surface area contributed by atoms with E-state index in [2.05, 4.69) is 56.5 Å². The molecular formula is C12H16BrN3S2. The Kier molecular flexibility index (Phi) is 5.17. The molecule has 1 N–H and O–H groups in total. The van der Waals surface area contributed by atoms with Crippen LogP contribution in [0.25, 0.3) is 0 Å². The van der Waals surface area contributed by atoms with E-state index in [4.69, 9.17) is 0 Å². The number of nitrogens with one attached hydrogen (secondary N) is 1. The van der Waals surface area contributed by atoms with Crippen molar-refractivity contribution in [2.45, 2.75) is 20.0 Å². The Morgan fingerprint density at radius 3 is 2.83 bits per heavy atom. The van der Waals surface area contributed by atoms with Crippen LogP contribution in [0.15, 0.2) is 22.1 Å². The van der Waals surface area contributed by atoms with Gasteiger partial charge in [0, 0.05) is 45.4 Å². The van der Waals surface area contributed by atoms with E-state index in [9.17, 15) is 0 Å². The number of hydrogen-bond acceptors (Lipinski definition) is 5. The van der Waals surface area contributed by atoms with Crippen molar-refractivity contribution in [1.82, 2.24) is 9.88 Å². The molecule has 0 aliphatic heterocycles. The van der Waals surface area contributed by atoms with Gasteiger partial charge in [0.05, 0.1) is 0 Å². The molecule has 0 aliphatic carbocycles. The summed E-state index contributed by atoms with van der Waals surface area (Å²) in [5, 5.41) is 6.38. The van der Waals surface area contributed by atoms with Crippen molar-refractivity contribution in [2.24, 2.45) is 0 Å². The third kappa shape index (κ3) is 4.05. The van der Waals surface area contributed by atoms with E-state index in [1.165, 1.54) is 14.2 Å². The van der Waals surface area contributed by atoms with E-state index in [-0.39, 0.29) is 0 Å². The lowest BCUT2D eigenvalue weighted by Gasteiger charge is -2.13. The zero-order chi connectivity index (χ0) is 13.0. The number of halogens is 1. The maximum atomic E-state index is 4.35. The molecule has 0 aromatic carbocycles. The highest BCUT2D eigenvalue weighted by atomic mass is 79.9. The zero-order valence-electron chi connectivity index (χ0n) is 10.4. The van der Waals surface area contributed by atoms with Gasteiger partial charge in [0.2, 0.25) is 0 Å². The number of aromatic nitrogens is 1. The van der Waals surface area contributed by atoms with Crippen molar-refractivity contribution in [3.05, 3.63) is 31.9 Å². The van der Waals surface area contributed by atoms with Gasteiger partial charge in [-0.15, -0.1) is 22.7 Å². The first-order valence-corrected chi connectivity index (χ1v) is 8.26. The molecule has 0 atom stereocenters. The summed E-state index contributed by atoms with van der Waals surface area (Å²) in [5.74, 6) is 0. The Morgan fingerprint density at radius 1 is 1.39 bits per heavy atom. The zero-order valence-corrected chi connectivity index (χ0v) is 13.7. The van der Waals surface area contributed by atoms with Crippen LogP contribution in [0.1, 0.15) is 16.7 Å². The molecule has 0 unspecified atom stereocenters. The first-order valence-electron chi connectivity index (χ1n) is 5.77. The average molecular weight is 346 g/mol. The second kappa shape index (κ2) is 6.65. The summed E-state index contributed by atoms with van der Waals surface area (Å²) in [6, 6.07) is 2.18. The van der Waals surface area contributed by atoms with Crippen molar-refractivity contribution in [2.75, 3.05) is 18.9 Å². The smallest absolute Gasteiger partial charge is 0.182 e. The molecule has 0 aliphatic rings. The van der Waals surface area contributed by atoms with Crippen LogP contribution in [0.4, 0.5) is 5.13 Å². The summed E-state index contributed by atoms with van der Waals surface area (Å²) in [6.07, 6.45) is 1.96. The van der Waals surface area contributed by atoms with Gasteiger partial charge in [0.15, 0.2) is 5.13 Å². The van der Waals surface area contributed by atoms with Gasteiger partial charge in [-0.1, -0.05) is 0 Å². The quantitative estimate of drug-likeness (QED) is 0.856. The molecule has 0 fully saturated rings. The van der Waals surface area contributed by atoms with Crippen LogP contribution in [-0.4, -0.2) is 23.5 Å². The molecule has 2 aromatic heterocycles. The normalized spacial score (nSPS) is 11.1. The van der Waals surface area contributed by atoms with Crippen LogP contribution < -0.4 is 5.32 Å². The summed E-state index contributed by atoms with van der Waals surface area (Å²) >= 11 is 7.01. The van der Waals surface area contributed by atoms with Gasteiger partial charge in [-0.3, -0.25) is 4.90 Å². The van der Waals surface area contributed by atoms with Crippen LogP contribution in [0.2, 0.25) is 0 Å². The first-order chi connectivity index (χ1) is 8.67. The summed E-state index contributed by atoms with van der Waals surface area (Å²) < 4.78 is 1.17. The lowest BCUT2D eigenvalue weighted by molar-refractivity contribution is 0.324. The lowest BCUT2D eigenvalue weighted by Crippen LogP contribution is -2.15. The molecule has 0 saturated carbocycles. The van der Waals surface area contributed by atoms with Crippen molar-refractivity contribution in [3.63, 3.8) is 0 Å². The third-order valence-electron chi connectivity index (χ3n) is 2.35. The maximum absolute atomic E-state index is 4.35. The topological polar surface area (TPSA) is 28.2 Å². The molecule has 98 valence electrons.